The minimum atomic E-state index is -4.24. The van der Waals surface area contributed by atoms with Crippen LogP contribution in [0.5, 0.6) is 0 Å². The summed E-state index contributed by atoms with van der Waals surface area (Å²) in [5.74, 6) is 2.21. The number of alkyl halides is 3. The molecule has 2 aromatic heterocycles. The van der Waals surface area contributed by atoms with Crippen molar-refractivity contribution in [3.05, 3.63) is 29.9 Å². The second-order valence-corrected chi connectivity index (χ2v) is 5.68. The lowest BCUT2D eigenvalue weighted by Gasteiger charge is -2.23. The zero-order valence-corrected chi connectivity index (χ0v) is 12.8. The van der Waals surface area contributed by atoms with Gasteiger partial charge in [0.2, 0.25) is 0 Å². The number of fused-ring (bicyclic) bond motifs is 1. The summed E-state index contributed by atoms with van der Waals surface area (Å²) in [7, 11) is 0. The number of nitrogens with one attached hydrogen (secondary N) is 1. The molecule has 3 heterocycles. The molecule has 0 radical (unpaired) electrons. The molecule has 3 rings (SSSR count). The maximum atomic E-state index is 12.5. The molecule has 1 aliphatic heterocycles. The van der Waals surface area contributed by atoms with Crippen molar-refractivity contribution >= 4 is 0 Å². The summed E-state index contributed by atoms with van der Waals surface area (Å²) in [6, 6.07) is 0.157. The van der Waals surface area contributed by atoms with Gasteiger partial charge in [0, 0.05) is 31.3 Å². The van der Waals surface area contributed by atoms with Crippen LogP contribution in [-0.4, -0.2) is 36.5 Å². The Morgan fingerprint density at radius 1 is 1.39 bits per heavy atom. The van der Waals surface area contributed by atoms with Crippen LogP contribution >= 0.6 is 0 Å². The molecule has 1 atom stereocenters. The highest BCUT2D eigenvalue weighted by molar-refractivity contribution is 4.99. The average molecular weight is 328 g/mol. The Morgan fingerprint density at radius 2 is 2.22 bits per heavy atom. The van der Waals surface area contributed by atoms with Gasteiger partial charge in [0.1, 0.15) is 18.2 Å². The number of hydrogen-bond acceptors (Lipinski definition) is 4. The van der Waals surface area contributed by atoms with Crippen LogP contribution in [0.2, 0.25) is 0 Å². The van der Waals surface area contributed by atoms with Gasteiger partial charge in [0.15, 0.2) is 5.82 Å². The zero-order valence-electron chi connectivity index (χ0n) is 12.8. The van der Waals surface area contributed by atoms with Crippen LogP contribution in [0.15, 0.2) is 12.4 Å². The van der Waals surface area contributed by atoms with E-state index in [4.69, 9.17) is 0 Å². The molecule has 9 heteroatoms. The SMILES string of the molecule is CCc1nc2n(n1)C[C@@H](NCc1nccn1CC(F)(F)F)CC2. The van der Waals surface area contributed by atoms with E-state index in [9.17, 15) is 13.2 Å². The third-order valence-electron chi connectivity index (χ3n) is 3.92. The highest BCUT2D eigenvalue weighted by Crippen LogP contribution is 2.18. The van der Waals surface area contributed by atoms with Gasteiger partial charge in [-0.3, -0.25) is 0 Å². The summed E-state index contributed by atoms with van der Waals surface area (Å²) in [4.78, 5) is 8.46. The number of hydrogen-bond donors (Lipinski definition) is 1. The lowest BCUT2D eigenvalue weighted by atomic mass is 10.1. The molecular weight excluding hydrogens is 309 g/mol. The molecule has 6 nitrogen and oxygen atoms in total. The highest BCUT2D eigenvalue weighted by Gasteiger charge is 2.29. The van der Waals surface area contributed by atoms with Crippen molar-refractivity contribution in [1.29, 1.82) is 0 Å². The molecule has 0 saturated heterocycles. The number of halogens is 3. The molecule has 2 aromatic rings. The van der Waals surface area contributed by atoms with E-state index in [0.29, 0.717) is 18.9 Å². The molecule has 0 fully saturated rings. The molecule has 1 N–H and O–H groups in total. The van der Waals surface area contributed by atoms with Gasteiger partial charge in [-0.2, -0.15) is 18.3 Å². The van der Waals surface area contributed by atoms with Gasteiger partial charge in [-0.25, -0.2) is 14.6 Å². The van der Waals surface area contributed by atoms with Crippen molar-refractivity contribution in [2.45, 2.75) is 58.0 Å². The van der Waals surface area contributed by atoms with Gasteiger partial charge in [-0.05, 0) is 6.42 Å². The maximum Gasteiger partial charge on any atom is 0.406 e. The maximum absolute atomic E-state index is 12.5. The Hall–Kier alpha value is -1.90. The van der Waals surface area contributed by atoms with Crippen LogP contribution < -0.4 is 5.32 Å². The van der Waals surface area contributed by atoms with Crippen molar-refractivity contribution in [1.82, 2.24) is 29.6 Å². The first-order valence-electron chi connectivity index (χ1n) is 7.67. The first-order chi connectivity index (χ1) is 10.9. The molecule has 1 aliphatic rings. The lowest BCUT2D eigenvalue weighted by Crippen LogP contribution is -2.38. The monoisotopic (exact) mass is 328 g/mol. The fourth-order valence-electron chi connectivity index (χ4n) is 2.76. The predicted molar refractivity (Wildman–Crippen MR) is 76.6 cm³/mol. The molecule has 0 unspecified atom stereocenters. The summed E-state index contributed by atoms with van der Waals surface area (Å²) in [6.45, 7) is 1.99. The highest BCUT2D eigenvalue weighted by atomic mass is 19.4. The van der Waals surface area contributed by atoms with Crippen molar-refractivity contribution in [3.8, 4) is 0 Å². The normalized spacial score (nSPS) is 18.2. The number of aromatic nitrogens is 5. The molecule has 0 amide bonds. The van der Waals surface area contributed by atoms with Crippen molar-refractivity contribution in [3.63, 3.8) is 0 Å². The van der Waals surface area contributed by atoms with E-state index in [1.54, 1.807) is 0 Å². The van der Waals surface area contributed by atoms with Gasteiger partial charge in [0.05, 0.1) is 13.1 Å². The van der Waals surface area contributed by atoms with Crippen molar-refractivity contribution < 1.29 is 13.2 Å². The van der Waals surface area contributed by atoms with E-state index in [2.05, 4.69) is 20.4 Å². The van der Waals surface area contributed by atoms with Gasteiger partial charge >= 0.3 is 6.18 Å². The van der Waals surface area contributed by atoms with E-state index < -0.39 is 12.7 Å². The van der Waals surface area contributed by atoms with Crippen LogP contribution in [0.25, 0.3) is 0 Å². The second-order valence-electron chi connectivity index (χ2n) is 5.68. The number of nitrogens with zero attached hydrogens (tertiary/aromatic N) is 5. The summed E-state index contributed by atoms with van der Waals surface area (Å²) in [6.07, 6.45) is 1.02. The molecule has 0 aliphatic carbocycles. The quantitative estimate of drug-likeness (QED) is 0.908. The standard InChI is InChI=1S/C14H19F3N6/c1-2-11-20-12-4-3-10(8-23(12)21-11)19-7-13-18-5-6-22(13)9-14(15,16)17/h5-6,10,19H,2-4,7-9H2,1H3/t10-/m0/s1. The van der Waals surface area contributed by atoms with Gasteiger partial charge in [0.25, 0.3) is 0 Å². The largest absolute Gasteiger partial charge is 0.406 e. The number of aryl methyl sites for hydroxylation is 2. The lowest BCUT2D eigenvalue weighted by molar-refractivity contribution is -0.141. The Morgan fingerprint density at radius 3 is 2.96 bits per heavy atom. The molecule has 0 aromatic carbocycles. The van der Waals surface area contributed by atoms with Gasteiger partial charge in [-0.1, -0.05) is 6.92 Å². The second kappa shape index (κ2) is 6.31. The first-order valence-corrected chi connectivity index (χ1v) is 7.67. The topological polar surface area (TPSA) is 60.6 Å². The van der Waals surface area contributed by atoms with E-state index in [0.717, 1.165) is 35.5 Å². The molecule has 126 valence electrons. The number of rotatable bonds is 5. The minimum Gasteiger partial charge on any atom is -0.325 e. The third-order valence-corrected chi connectivity index (χ3v) is 3.92. The van der Waals surface area contributed by atoms with E-state index in [1.165, 1.54) is 12.4 Å². The van der Waals surface area contributed by atoms with Gasteiger partial charge in [-0.15, -0.1) is 0 Å². The Balaban J connectivity index is 1.58. The summed E-state index contributed by atoms with van der Waals surface area (Å²) >= 11 is 0. The number of imidazole rings is 1. The van der Waals surface area contributed by atoms with Crippen molar-refractivity contribution in [2.24, 2.45) is 0 Å². The van der Waals surface area contributed by atoms with Crippen LogP contribution in [0.1, 0.15) is 30.8 Å². The minimum absolute atomic E-state index is 0.157. The zero-order chi connectivity index (χ0) is 16.4. The van der Waals surface area contributed by atoms with E-state index >= 15 is 0 Å². The average Bonchev–Trinajstić information content (AvgIpc) is 3.08. The van der Waals surface area contributed by atoms with E-state index in [1.807, 2.05) is 11.6 Å². The van der Waals surface area contributed by atoms with Crippen molar-refractivity contribution in [2.75, 3.05) is 0 Å². The smallest absolute Gasteiger partial charge is 0.325 e. The fourth-order valence-corrected chi connectivity index (χ4v) is 2.76. The first kappa shape index (κ1) is 16.0. The van der Waals surface area contributed by atoms with Crippen LogP contribution in [0.4, 0.5) is 13.2 Å². The Kier molecular flexibility index (Phi) is 4.38. The van der Waals surface area contributed by atoms with E-state index in [-0.39, 0.29) is 6.04 Å². The molecule has 0 saturated carbocycles. The van der Waals surface area contributed by atoms with Crippen LogP contribution in [0, 0.1) is 0 Å². The molecule has 0 spiro atoms. The Labute approximate surface area is 131 Å². The Bertz CT molecular complexity index is 660. The third kappa shape index (κ3) is 3.90. The van der Waals surface area contributed by atoms with Crippen LogP contribution in [0.3, 0.4) is 0 Å². The van der Waals surface area contributed by atoms with Crippen LogP contribution in [-0.2, 0) is 32.5 Å². The molecule has 0 bridgehead atoms. The summed E-state index contributed by atoms with van der Waals surface area (Å²) in [5.41, 5.74) is 0. The summed E-state index contributed by atoms with van der Waals surface area (Å²) in [5, 5.41) is 7.71. The molecular formula is C14H19F3N6. The predicted octanol–water partition coefficient (Wildman–Crippen LogP) is 1.70. The van der Waals surface area contributed by atoms with Gasteiger partial charge < -0.3 is 9.88 Å². The fraction of sp³-hybridized carbons (Fsp3) is 0.643. The summed E-state index contributed by atoms with van der Waals surface area (Å²) < 4.78 is 40.5. The molecule has 23 heavy (non-hydrogen) atoms.